The summed E-state index contributed by atoms with van der Waals surface area (Å²) < 4.78 is 28.9. The number of carbonyl (C=O) groups excluding carboxylic acids is 1. The van der Waals surface area contributed by atoms with Crippen molar-refractivity contribution in [2.75, 3.05) is 19.8 Å². The van der Waals surface area contributed by atoms with Crippen LogP contribution in [0.1, 0.15) is 22.3 Å². The third-order valence-corrected chi connectivity index (χ3v) is 4.95. The second-order valence-electron chi connectivity index (χ2n) is 5.06. The lowest BCUT2D eigenvalue weighted by Crippen LogP contribution is -2.30. The van der Waals surface area contributed by atoms with E-state index in [1.807, 2.05) is 0 Å². The van der Waals surface area contributed by atoms with Crippen molar-refractivity contribution in [2.24, 2.45) is 11.1 Å². The lowest BCUT2D eigenvalue weighted by Gasteiger charge is -2.13. The van der Waals surface area contributed by atoms with Gasteiger partial charge in [0.15, 0.2) is 0 Å². The first kappa shape index (κ1) is 16.4. The number of halogens is 1. The Morgan fingerprint density at radius 2 is 2.24 bits per heavy atom. The van der Waals surface area contributed by atoms with Crippen LogP contribution in [0.3, 0.4) is 0 Å². The minimum Gasteiger partial charge on any atom is -0.381 e. The number of rotatable bonds is 4. The fraction of sp³-hybridized carbons (Fsp3) is 0.462. The highest BCUT2D eigenvalue weighted by Crippen LogP contribution is 2.24. The highest BCUT2D eigenvalue weighted by molar-refractivity contribution is 9.10. The number of sulfonamides is 1. The van der Waals surface area contributed by atoms with Crippen LogP contribution < -0.4 is 10.5 Å². The van der Waals surface area contributed by atoms with E-state index in [0.29, 0.717) is 41.3 Å². The Bertz CT molecular complexity index is 654. The molecular formula is C13H17BrN2O4S. The molecule has 2 rings (SSSR count). The fourth-order valence-corrected chi connectivity index (χ4v) is 3.70. The van der Waals surface area contributed by atoms with Crippen LogP contribution in [0.15, 0.2) is 21.5 Å². The normalized spacial score (nSPS) is 18.7. The van der Waals surface area contributed by atoms with Gasteiger partial charge in [-0.2, -0.15) is 0 Å². The average Bonchev–Trinajstić information content (AvgIpc) is 2.90. The van der Waals surface area contributed by atoms with Crippen molar-refractivity contribution in [1.29, 1.82) is 0 Å². The fourth-order valence-electron chi connectivity index (χ4n) is 2.26. The molecule has 116 valence electrons. The smallest absolute Gasteiger partial charge is 0.251 e. The monoisotopic (exact) mass is 376 g/mol. The molecule has 1 saturated heterocycles. The van der Waals surface area contributed by atoms with Crippen molar-refractivity contribution in [3.05, 3.63) is 27.7 Å². The predicted octanol–water partition coefficient (Wildman–Crippen LogP) is 1.17. The Morgan fingerprint density at radius 1 is 1.52 bits per heavy atom. The molecule has 1 aliphatic heterocycles. The maximum absolute atomic E-state index is 12.2. The summed E-state index contributed by atoms with van der Waals surface area (Å²) in [5.74, 6) is -0.00952. The Kier molecular flexibility index (Phi) is 5.03. The van der Waals surface area contributed by atoms with Crippen molar-refractivity contribution in [1.82, 2.24) is 5.32 Å². The standard InChI is InChI=1S/C13H17BrN2O4S/c1-8-11(4-10(14)5-12(8)21(15,18)19)13(17)16-6-9-2-3-20-7-9/h4-5,9H,2-3,6-7H2,1H3,(H,16,17)(H2,15,18,19). The Labute approximate surface area is 132 Å². The molecule has 21 heavy (non-hydrogen) atoms. The van der Waals surface area contributed by atoms with Gasteiger partial charge < -0.3 is 10.1 Å². The van der Waals surface area contributed by atoms with Crippen LogP contribution in [-0.4, -0.2) is 34.1 Å². The molecule has 0 aliphatic carbocycles. The van der Waals surface area contributed by atoms with Crippen LogP contribution in [0.5, 0.6) is 0 Å². The molecule has 1 aromatic rings. The number of hydrogen-bond acceptors (Lipinski definition) is 4. The van der Waals surface area contributed by atoms with E-state index >= 15 is 0 Å². The van der Waals surface area contributed by atoms with Crippen LogP contribution in [-0.2, 0) is 14.8 Å². The minimum atomic E-state index is -3.87. The van der Waals surface area contributed by atoms with Gasteiger partial charge in [-0.15, -0.1) is 0 Å². The van der Waals surface area contributed by atoms with Crippen molar-refractivity contribution in [3.8, 4) is 0 Å². The zero-order valence-electron chi connectivity index (χ0n) is 11.6. The van der Waals surface area contributed by atoms with Gasteiger partial charge in [-0.25, -0.2) is 13.6 Å². The van der Waals surface area contributed by atoms with Crippen LogP contribution in [0.4, 0.5) is 0 Å². The van der Waals surface area contributed by atoms with Crippen LogP contribution in [0.25, 0.3) is 0 Å². The molecule has 1 amide bonds. The summed E-state index contributed by atoms with van der Waals surface area (Å²) in [6.07, 6.45) is 0.917. The molecule has 1 aromatic carbocycles. The molecular weight excluding hydrogens is 360 g/mol. The largest absolute Gasteiger partial charge is 0.381 e. The molecule has 3 N–H and O–H groups in total. The van der Waals surface area contributed by atoms with Gasteiger partial charge in [-0.3, -0.25) is 4.79 Å². The number of nitrogens with one attached hydrogen (secondary N) is 1. The number of benzene rings is 1. The van der Waals surface area contributed by atoms with Crippen molar-refractivity contribution >= 4 is 31.9 Å². The van der Waals surface area contributed by atoms with E-state index in [1.165, 1.54) is 6.07 Å². The van der Waals surface area contributed by atoms with Crippen LogP contribution in [0.2, 0.25) is 0 Å². The third kappa shape index (κ3) is 4.03. The molecule has 0 saturated carbocycles. The number of nitrogens with two attached hydrogens (primary N) is 1. The maximum atomic E-state index is 12.2. The number of hydrogen-bond donors (Lipinski definition) is 2. The molecule has 1 unspecified atom stereocenters. The van der Waals surface area contributed by atoms with Gasteiger partial charge in [-0.1, -0.05) is 15.9 Å². The number of carbonyl (C=O) groups is 1. The zero-order chi connectivity index (χ0) is 15.6. The second-order valence-corrected chi connectivity index (χ2v) is 7.51. The van der Waals surface area contributed by atoms with Crippen LogP contribution >= 0.6 is 15.9 Å². The first-order valence-corrected chi connectivity index (χ1v) is 8.82. The summed E-state index contributed by atoms with van der Waals surface area (Å²) in [5, 5.41) is 7.98. The maximum Gasteiger partial charge on any atom is 0.251 e. The lowest BCUT2D eigenvalue weighted by atomic mass is 10.1. The van der Waals surface area contributed by atoms with Crippen molar-refractivity contribution < 1.29 is 17.9 Å². The molecule has 0 spiro atoms. The van der Waals surface area contributed by atoms with Gasteiger partial charge in [0.2, 0.25) is 10.0 Å². The summed E-state index contributed by atoms with van der Waals surface area (Å²) in [6.45, 7) is 3.43. The van der Waals surface area contributed by atoms with Gasteiger partial charge in [-0.05, 0) is 31.0 Å². The SMILES string of the molecule is Cc1c(C(=O)NCC2CCOC2)cc(Br)cc1S(N)(=O)=O. The third-order valence-electron chi connectivity index (χ3n) is 3.45. The van der Waals surface area contributed by atoms with Gasteiger partial charge in [0, 0.05) is 29.1 Å². The topological polar surface area (TPSA) is 98.5 Å². The summed E-state index contributed by atoms with van der Waals surface area (Å²) in [4.78, 5) is 12.2. The molecule has 1 aliphatic rings. The first-order valence-electron chi connectivity index (χ1n) is 6.48. The van der Waals surface area contributed by atoms with E-state index in [0.717, 1.165) is 6.42 Å². The van der Waals surface area contributed by atoms with E-state index in [9.17, 15) is 13.2 Å². The number of primary sulfonamides is 1. The molecule has 1 heterocycles. The molecule has 1 atom stereocenters. The van der Waals surface area contributed by atoms with Gasteiger partial charge in [0.25, 0.3) is 5.91 Å². The van der Waals surface area contributed by atoms with Crippen molar-refractivity contribution in [2.45, 2.75) is 18.2 Å². The van der Waals surface area contributed by atoms with E-state index < -0.39 is 10.0 Å². The molecule has 0 bridgehead atoms. The summed E-state index contributed by atoms with van der Waals surface area (Å²) >= 11 is 3.21. The number of ether oxygens (including phenoxy) is 1. The summed E-state index contributed by atoms with van der Waals surface area (Å²) in [5.41, 5.74) is 0.646. The lowest BCUT2D eigenvalue weighted by molar-refractivity contribution is 0.0944. The Morgan fingerprint density at radius 3 is 2.81 bits per heavy atom. The predicted molar refractivity (Wildman–Crippen MR) is 81.5 cm³/mol. The number of amides is 1. The molecule has 0 aromatic heterocycles. The average molecular weight is 377 g/mol. The van der Waals surface area contributed by atoms with Gasteiger partial charge in [0.1, 0.15) is 0 Å². The summed E-state index contributed by atoms with van der Waals surface area (Å²) in [6, 6.07) is 2.98. The quantitative estimate of drug-likeness (QED) is 0.823. The van der Waals surface area contributed by atoms with E-state index in [1.54, 1.807) is 13.0 Å². The van der Waals surface area contributed by atoms with Crippen molar-refractivity contribution in [3.63, 3.8) is 0 Å². The zero-order valence-corrected chi connectivity index (χ0v) is 14.0. The highest BCUT2D eigenvalue weighted by Gasteiger charge is 2.21. The molecule has 8 heteroatoms. The first-order chi connectivity index (χ1) is 9.79. The van der Waals surface area contributed by atoms with E-state index in [2.05, 4.69) is 21.2 Å². The summed E-state index contributed by atoms with van der Waals surface area (Å²) in [7, 11) is -3.87. The minimum absolute atomic E-state index is 0.0498. The molecule has 6 nitrogen and oxygen atoms in total. The second kappa shape index (κ2) is 6.43. The highest BCUT2D eigenvalue weighted by atomic mass is 79.9. The van der Waals surface area contributed by atoms with E-state index in [4.69, 9.17) is 9.88 Å². The van der Waals surface area contributed by atoms with Crippen LogP contribution in [0, 0.1) is 12.8 Å². The van der Waals surface area contributed by atoms with E-state index in [-0.39, 0.29) is 10.8 Å². The molecule has 1 fully saturated rings. The van der Waals surface area contributed by atoms with Gasteiger partial charge in [0.05, 0.1) is 11.5 Å². The van der Waals surface area contributed by atoms with Gasteiger partial charge >= 0.3 is 0 Å². The Balaban J connectivity index is 2.22. The Hall–Kier alpha value is -0.960. The molecule has 0 radical (unpaired) electrons.